The van der Waals surface area contributed by atoms with Crippen LogP contribution in [0.5, 0.6) is 0 Å². The van der Waals surface area contributed by atoms with Gasteiger partial charge in [0.15, 0.2) is 5.82 Å². The van der Waals surface area contributed by atoms with Gasteiger partial charge in [0.05, 0.1) is 18.2 Å². The van der Waals surface area contributed by atoms with Gasteiger partial charge in [0.2, 0.25) is 5.78 Å². The molecule has 0 saturated carbocycles. The zero-order valence-electron chi connectivity index (χ0n) is 14.4. The van der Waals surface area contributed by atoms with Gasteiger partial charge in [0, 0.05) is 30.3 Å². The second-order valence-corrected chi connectivity index (χ2v) is 5.81. The van der Waals surface area contributed by atoms with Crippen LogP contribution in [0.25, 0.3) is 0 Å². The quantitative estimate of drug-likeness (QED) is 0.574. The molecule has 0 fully saturated rings. The van der Waals surface area contributed by atoms with Crippen LogP contribution in [0.1, 0.15) is 43.5 Å². The Bertz CT molecular complexity index is 923. The first-order valence-corrected chi connectivity index (χ1v) is 7.90. The minimum Gasteiger partial charge on any atom is -0.465 e. The second-order valence-electron chi connectivity index (χ2n) is 5.81. The van der Waals surface area contributed by atoms with E-state index in [-0.39, 0.29) is 17.2 Å². The molecule has 2 aromatic heterocycles. The normalized spacial score (nSPS) is 10.7. The molecule has 3 aromatic rings. The summed E-state index contributed by atoms with van der Waals surface area (Å²) in [5.41, 5.74) is 2.86. The van der Waals surface area contributed by atoms with Crippen LogP contribution >= 0.6 is 0 Å². The maximum atomic E-state index is 13.1. The minimum absolute atomic E-state index is 0.263. The van der Waals surface area contributed by atoms with Gasteiger partial charge in [0.1, 0.15) is 0 Å². The van der Waals surface area contributed by atoms with Crippen LogP contribution in [0.3, 0.4) is 0 Å². The number of nitrogens with zero attached hydrogens (tertiary/aromatic N) is 2. The van der Waals surface area contributed by atoms with Gasteiger partial charge in [-0.1, -0.05) is 30.3 Å². The zero-order valence-corrected chi connectivity index (χ0v) is 14.4. The fourth-order valence-electron chi connectivity index (χ4n) is 2.96. The first-order valence-electron chi connectivity index (χ1n) is 7.90. The van der Waals surface area contributed by atoms with E-state index in [1.807, 2.05) is 30.3 Å². The molecule has 0 aliphatic rings. The largest absolute Gasteiger partial charge is 0.465 e. The third-order valence-electron chi connectivity index (χ3n) is 4.11. The average Bonchev–Trinajstić information content (AvgIpc) is 3.18. The molecule has 128 valence electrons. The van der Waals surface area contributed by atoms with Gasteiger partial charge < -0.3 is 14.3 Å². The topological polar surface area (TPSA) is 77.0 Å². The van der Waals surface area contributed by atoms with Gasteiger partial charge in [-0.2, -0.15) is 0 Å². The molecular weight excluding hydrogens is 318 g/mol. The molecule has 25 heavy (non-hydrogen) atoms. The van der Waals surface area contributed by atoms with E-state index in [1.165, 1.54) is 7.11 Å². The Morgan fingerprint density at radius 1 is 1.12 bits per heavy atom. The molecule has 0 radical (unpaired) electrons. The maximum absolute atomic E-state index is 13.1. The van der Waals surface area contributed by atoms with Gasteiger partial charge in [-0.3, -0.25) is 4.79 Å². The molecule has 1 aromatic carbocycles. The Kier molecular flexibility index (Phi) is 4.52. The number of benzene rings is 1. The summed E-state index contributed by atoms with van der Waals surface area (Å²) in [5.74, 6) is -0.550. The van der Waals surface area contributed by atoms with Crippen molar-refractivity contribution in [3.63, 3.8) is 0 Å². The smallest absolute Gasteiger partial charge is 0.340 e. The molecule has 3 rings (SSSR count). The lowest BCUT2D eigenvalue weighted by atomic mass is 10.0. The van der Waals surface area contributed by atoms with Gasteiger partial charge >= 0.3 is 5.97 Å². The Morgan fingerprint density at radius 3 is 2.48 bits per heavy atom. The molecule has 0 bridgehead atoms. The predicted molar refractivity (Wildman–Crippen MR) is 92.8 cm³/mol. The summed E-state index contributed by atoms with van der Waals surface area (Å²) in [4.78, 5) is 32.4. The van der Waals surface area contributed by atoms with E-state index >= 15 is 0 Å². The number of methoxy groups -OCH3 is 1. The van der Waals surface area contributed by atoms with E-state index < -0.39 is 5.97 Å². The Labute approximate surface area is 145 Å². The number of imidazole rings is 1. The number of aromatic nitrogens is 3. The zero-order chi connectivity index (χ0) is 18.0. The molecule has 0 aliphatic carbocycles. The highest BCUT2D eigenvalue weighted by Gasteiger charge is 2.28. The fourth-order valence-corrected chi connectivity index (χ4v) is 2.96. The number of ketones is 1. The van der Waals surface area contributed by atoms with Gasteiger partial charge in [0.25, 0.3) is 0 Å². The summed E-state index contributed by atoms with van der Waals surface area (Å²) in [7, 11) is 1.30. The highest BCUT2D eigenvalue weighted by atomic mass is 16.5. The summed E-state index contributed by atoms with van der Waals surface area (Å²) in [6, 6.07) is 9.81. The van der Waals surface area contributed by atoms with Crippen LogP contribution in [-0.2, 0) is 11.3 Å². The standard InChI is InChI=1S/C19H19N3O3/c1-12-15(16(13(2)21-12)19(24)25-3)17(23)18-20-9-10-22(18)11-14-7-5-4-6-8-14/h4-10,21H,11H2,1-3H3. The van der Waals surface area contributed by atoms with Crippen molar-refractivity contribution in [3.8, 4) is 0 Å². The molecule has 6 nitrogen and oxygen atoms in total. The van der Waals surface area contributed by atoms with Gasteiger partial charge in [-0.25, -0.2) is 9.78 Å². The van der Waals surface area contributed by atoms with Crippen molar-refractivity contribution in [2.24, 2.45) is 0 Å². The van der Waals surface area contributed by atoms with Crippen LogP contribution in [-0.4, -0.2) is 33.4 Å². The summed E-state index contributed by atoms with van der Waals surface area (Å²) in [6.07, 6.45) is 3.34. The molecule has 0 unspecified atom stereocenters. The molecule has 0 spiro atoms. The lowest BCUT2D eigenvalue weighted by Crippen LogP contribution is -2.16. The second kappa shape index (κ2) is 6.76. The van der Waals surface area contributed by atoms with Gasteiger partial charge in [-0.15, -0.1) is 0 Å². The van der Waals surface area contributed by atoms with E-state index in [4.69, 9.17) is 4.74 Å². The molecule has 2 heterocycles. The first kappa shape index (κ1) is 16.7. The van der Waals surface area contributed by atoms with Crippen LogP contribution in [0.4, 0.5) is 0 Å². The number of esters is 1. The number of rotatable bonds is 5. The highest BCUT2D eigenvalue weighted by molar-refractivity contribution is 6.14. The number of hydrogen-bond acceptors (Lipinski definition) is 4. The molecule has 0 amide bonds. The molecule has 0 saturated heterocycles. The number of nitrogens with one attached hydrogen (secondary N) is 1. The van der Waals surface area contributed by atoms with E-state index in [2.05, 4.69) is 9.97 Å². The maximum Gasteiger partial charge on any atom is 0.340 e. The minimum atomic E-state index is -0.536. The third kappa shape index (κ3) is 3.10. The number of aryl methyl sites for hydroxylation is 2. The average molecular weight is 337 g/mol. The van der Waals surface area contributed by atoms with Crippen molar-refractivity contribution in [2.45, 2.75) is 20.4 Å². The van der Waals surface area contributed by atoms with Crippen molar-refractivity contribution in [1.82, 2.24) is 14.5 Å². The van der Waals surface area contributed by atoms with E-state index in [0.29, 0.717) is 23.5 Å². The molecule has 0 atom stereocenters. The van der Waals surface area contributed by atoms with Crippen LogP contribution < -0.4 is 0 Å². The van der Waals surface area contributed by atoms with Crippen molar-refractivity contribution in [1.29, 1.82) is 0 Å². The molecular formula is C19H19N3O3. The fraction of sp³-hybridized carbons (Fsp3) is 0.211. The number of H-pyrrole nitrogens is 1. The van der Waals surface area contributed by atoms with E-state index in [0.717, 1.165) is 5.56 Å². The monoisotopic (exact) mass is 337 g/mol. The summed E-state index contributed by atoms with van der Waals surface area (Å²) in [5, 5.41) is 0. The summed E-state index contributed by atoms with van der Waals surface area (Å²) in [6.45, 7) is 4.03. The van der Waals surface area contributed by atoms with Crippen molar-refractivity contribution >= 4 is 11.8 Å². The Morgan fingerprint density at radius 2 is 1.80 bits per heavy atom. The van der Waals surface area contributed by atoms with Crippen molar-refractivity contribution in [3.05, 3.63) is 76.6 Å². The van der Waals surface area contributed by atoms with Crippen molar-refractivity contribution < 1.29 is 14.3 Å². The number of hydrogen-bond donors (Lipinski definition) is 1. The number of aromatic amines is 1. The number of carbonyl (C=O) groups is 2. The molecule has 6 heteroatoms. The lowest BCUT2D eigenvalue weighted by molar-refractivity contribution is 0.0597. The van der Waals surface area contributed by atoms with Crippen molar-refractivity contribution in [2.75, 3.05) is 7.11 Å². The molecule has 0 aliphatic heterocycles. The Balaban J connectivity index is 2.01. The van der Waals surface area contributed by atoms with E-state index in [1.54, 1.807) is 30.8 Å². The highest BCUT2D eigenvalue weighted by Crippen LogP contribution is 2.22. The van der Waals surface area contributed by atoms with Crippen LogP contribution in [0, 0.1) is 13.8 Å². The first-order chi connectivity index (χ1) is 12.0. The number of carbonyl (C=O) groups excluding carboxylic acids is 2. The summed E-state index contributed by atoms with van der Waals surface area (Å²) < 4.78 is 6.60. The Hall–Kier alpha value is -3.15. The number of ether oxygens (including phenoxy) is 1. The SMILES string of the molecule is COC(=O)c1c(C)[nH]c(C)c1C(=O)c1nccn1Cc1ccccc1. The lowest BCUT2D eigenvalue weighted by Gasteiger charge is -2.08. The van der Waals surface area contributed by atoms with Crippen LogP contribution in [0.2, 0.25) is 0 Å². The predicted octanol–water partition coefficient (Wildman–Crippen LogP) is 2.89. The van der Waals surface area contributed by atoms with E-state index in [9.17, 15) is 9.59 Å². The molecule has 1 N–H and O–H groups in total. The van der Waals surface area contributed by atoms with Gasteiger partial charge in [-0.05, 0) is 19.4 Å². The van der Waals surface area contributed by atoms with Crippen LogP contribution in [0.15, 0.2) is 42.7 Å². The summed E-state index contributed by atoms with van der Waals surface area (Å²) >= 11 is 0. The third-order valence-corrected chi connectivity index (χ3v) is 4.11.